The molecule has 138 valence electrons. The number of urea groups is 1. The van der Waals surface area contributed by atoms with E-state index in [9.17, 15) is 9.59 Å². The van der Waals surface area contributed by atoms with Crippen molar-refractivity contribution in [1.82, 2.24) is 31.1 Å². The van der Waals surface area contributed by atoms with Crippen LogP contribution in [-0.2, 0) is 11.3 Å². The van der Waals surface area contributed by atoms with Gasteiger partial charge in [0.2, 0.25) is 5.82 Å². The molecule has 0 aliphatic carbocycles. The molecule has 10 nitrogen and oxygen atoms in total. The van der Waals surface area contributed by atoms with E-state index < -0.39 is 11.9 Å². The van der Waals surface area contributed by atoms with Crippen molar-refractivity contribution >= 4 is 17.6 Å². The molecule has 10 heteroatoms. The first-order chi connectivity index (χ1) is 13.2. The Labute approximate surface area is 154 Å². The molecular weight excluding hydrogens is 350 g/mol. The number of rotatable bonds is 5. The summed E-state index contributed by atoms with van der Waals surface area (Å²) in [5.74, 6) is 0.395. The molecule has 3 rings (SSSR count). The lowest BCUT2D eigenvalue weighted by Gasteiger charge is -2.11. The summed E-state index contributed by atoms with van der Waals surface area (Å²) in [6, 6.07) is 15.5. The minimum atomic E-state index is -0.621. The summed E-state index contributed by atoms with van der Waals surface area (Å²) in [6.07, 6.45) is 0. The summed E-state index contributed by atoms with van der Waals surface area (Å²) >= 11 is 0. The first kappa shape index (κ1) is 17.9. The van der Waals surface area contributed by atoms with Gasteiger partial charge in [-0.1, -0.05) is 42.5 Å². The molecule has 0 spiro atoms. The highest BCUT2D eigenvalue weighted by Crippen LogP contribution is 2.22. The molecule has 0 unspecified atom stereocenters. The molecule has 0 aliphatic heterocycles. The number of hydrogen-bond acceptors (Lipinski definition) is 6. The van der Waals surface area contributed by atoms with Crippen LogP contribution in [0.5, 0.6) is 5.75 Å². The maximum atomic E-state index is 11.9. The summed E-state index contributed by atoms with van der Waals surface area (Å²) in [7, 11) is 1.50. The van der Waals surface area contributed by atoms with Gasteiger partial charge in [-0.05, 0) is 17.3 Å². The lowest BCUT2D eigenvalue weighted by Crippen LogP contribution is -2.45. The average molecular weight is 367 g/mol. The number of ether oxygens (including phenoxy) is 1. The van der Waals surface area contributed by atoms with Gasteiger partial charge in [-0.3, -0.25) is 10.2 Å². The fourth-order valence-electron chi connectivity index (χ4n) is 2.21. The molecule has 3 aromatic rings. The Morgan fingerprint density at radius 1 is 1.04 bits per heavy atom. The Hall–Kier alpha value is -3.95. The van der Waals surface area contributed by atoms with Gasteiger partial charge >= 0.3 is 6.03 Å². The van der Waals surface area contributed by atoms with Crippen LogP contribution in [0.2, 0.25) is 0 Å². The van der Waals surface area contributed by atoms with E-state index in [1.54, 1.807) is 24.3 Å². The van der Waals surface area contributed by atoms with Crippen LogP contribution in [-0.4, -0.2) is 39.3 Å². The number of hydrogen-bond donors (Lipinski definition) is 3. The van der Waals surface area contributed by atoms with E-state index in [1.807, 2.05) is 30.3 Å². The van der Waals surface area contributed by atoms with Gasteiger partial charge in [-0.25, -0.2) is 10.2 Å². The van der Waals surface area contributed by atoms with Crippen LogP contribution in [0, 0.1) is 0 Å². The number of anilines is 1. The van der Waals surface area contributed by atoms with Gasteiger partial charge in [0.15, 0.2) is 0 Å². The van der Waals surface area contributed by atoms with Crippen molar-refractivity contribution in [3.8, 4) is 17.1 Å². The van der Waals surface area contributed by atoms with Crippen LogP contribution >= 0.6 is 0 Å². The van der Waals surface area contributed by atoms with Crippen LogP contribution in [0.1, 0.15) is 0 Å². The third kappa shape index (κ3) is 4.78. The van der Waals surface area contributed by atoms with E-state index >= 15 is 0 Å². The molecule has 1 heterocycles. The molecule has 27 heavy (non-hydrogen) atoms. The number of nitrogens with one attached hydrogen (secondary N) is 3. The molecule has 2 aromatic carbocycles. The number of amides is 3. The maximum absolute atomic E-state index is 11.9. The first-order valence-corrected chi connectivity index (χ1v) is 7.98. The number of carbonyl (C=O) groups is 2. The lowest BCUT2D eigenvalue weighted by atomic mass is 10.2. The second-order valence-electron chi connectivity index (χ2n) is 5.34. The smallest absolute Gasteiger partial charge is 0.338 e. The third-order valence-corrected chi connectivity index (χ3v) is 3.44. The van der Waals surface area contributed by atoms with E-state index in [0.717, 1.165) is 10.4 Å². The van der Waals surface area contributed by atoms with Crippen molar-refractivity contribution in [3.05, 3.63) is 54.6 Å². The lowest BCUT2D eigenvalue weighted by molar-refractivity contribution is -0.122. The number of tetrazole rings is 1. The van der Waals surface area contributed by atoms with Gasteiger partial charge in [0.25, 0.3) is 5.91 Å². The molecule has 3 N–H and O–H groups in total. The van der Waals surface area contributed by atoms with Crippen LogP contribution in [0.3, 0.4) is 0 Å². The fraction of sp³-hybridized carbons (Fsp3) is 0.118. The Morgan fingerprint density at radius 3 is 2.56 bits per heavy atom. The Balaban J connectivity index is 1.50. The highest BCUT2D eigenvalue weighted by Gasteiger charge is 2.11. The van der Waals surface area contributed by atoms with Crippen molar-refractivity contribution in [2.75, 3.05) is 12.4 Å². The van der Waals surface area contributed by atoms with Crippen molar-refractivity contribution in [1.29, 1.82) is 0 Å². The molecule has 0 saturated heterocycles. The molecular formula is C17H17N7O3. The summed E-state index contributed by atoms with van der Waals surface area (Å²) < 4.78 is 5.13. The van der Waals surface area contributed by atoms with Crippen molar-refractivity contribution in [3.63, 3.8) is 0 Å². The van der Waals surface area contributed by atoms with E-state index in [-0.39, 0.29) is 6.54 Å². The number of carbonyl (C=O) groups excluding carboxylic acids is 2. The summed E-state index contributed by atoms with van der Waals surface area (Å²) in [5, 5.41) is 14.4. The quantitative estimate of drug-likeness (QED) is 0.582. The standard InChI is InChI=1S/C17H17N7O3/c1-27-14-10-6-5-9-13(14)18-17(26)21-19-15(25)11-24-22-16(20-23-24)12-7-3-2-4-8-12/h2-10H,11H2,1H3,(H,19,25)(H2,18,21,26). The number of para-hydroxylation sites is 2. The zero-order chi connectivity index (χ0) is 19.1. The maximum Gasteiger partial charge on any atom is 0.338 e. The van der Waals surface area contributed by atoms with Gasteiger partial charge < -0.3 is 10.1 Å². The number of benzene rings is 2. The Bertz CT molecular complexity index is 927. The minimum absolute atomic E-state index is 0.200. The third-order valence-electron chi connectivity index (χ3n) is 3.44. The van der Waals surface area contributed by atoms with Crippen LogP contribution in [0.15, 0.2) is 54.6 Å². The van der Waals surface area contributed by atoms with Crippen LogP contribution in [0.25, 0.3) is 11.4 Å². The Kier molecular flexibility index (Phi) is 5.57. The molecule has 0 bridgehead atoms. The predicted octanol–water partition coefficient (Wildman–Crippen LogP) is 1.20. The van der Waals surface area contributed by atoms with Gasteiger partial charge in [0.1, 0.15) is 12.3 Å². The van der Waals surface area contributed by atoms with Crippen molar-refractivity contribution in [2.24, 2.45) is 0 Å². The molecule has 0 saturated carbocycles. The Morgan fingerprint density at radius 2 is 1.78 bits per heavy atom. The van der Waals surface area contributed by atoms with Gasteiger partial charge in [0.05, 0.1) is 12.8 Å². The predicted molar refractivity (Wildman–Crippen MR) is 96.5 cm³/mol. The second kappa shape index (κ2) is 8.43. The number of methoxy groups -OCH3 is 1. The van der Waals surface area contributed by atoms with Crippen LogP contribution < -0.4 is 20.9 Å². The van der Waals surface area contributed by atoms with E-state index in [0.29, 0.717) is 17.3 Å². The van der Waals surface area contributed by atoms with Crippen molar-refractivity contribution < 1.29 is 14.3 Å². The van der Waals surface area contributed by atoms with Gasteiger partial charge in [0, 0.05) is 5.56 Å². The molecule has 0 atom stereocenters. The molecule has 3 amide bonds. The van der Waals surface area contributed by atoms with E-state index in [2.05, 4.69) is 31.6 Å². The monoisotopic (exact) mass is 367 g/mol. The van der Waals surface area contributed by atoms with Crippen molar-refractivity contribution in [2.45, 2.75) is 6.54 Å². The van der Waals surface area contributed by atoms with E-state index in [1.165, 1.54) is 7.11 Å². The van der Waals surface area contributed by atoms with Crippen LogP contribution in [0.4, 0.5) is 10.5 Å². The number of nitrogens with zero attached hydrogens (tertiary/aromatic N) is 4. The summed E-state index contributed by atoms with van der Waals surface area (Å²) in [4.78, 5) is 25.0. The largest absolute Gasteiger partial charge is 0.495 e. The fourth-order valence-corrected chi connectivity index (χ4v) is 2.21. The SMILES string of the molecule is COc1ccccc1NC(=O)NNC(=O)Cn1nnc(-c2ccccc2)n1. The first-order valence-electron chi connectivity index (χ1n) is 7.98. The highest BCUT2D eigenvalue weighted by molar-refractivity contribution is 5.92. The van der Waals surface area contributed by atoms with Gasteiger partial charge in [-0.2, -0.15) is 4.80 Å². The zero-order valence-corrected chi connectivity index (χ0v) is 14.4. The average Bonchev–Trinajstić information content (AvgIpc) is 3.16. The summed E-state index contributed by atoms with van der Waals surface area (Å²) in [6.45, 7) is -0.200. The number of hydrazine groups is 1. The molecule has 0 aliphatic rings. The normalized spacial score (nSPS) is 10.1. The number of aromatic nitrogens is 4. The van der Waals surface area contributed by atoms with Gasteiger partial charge in [-0.15, -0.1) is 10.2 Å². The summed E-state index contributed by atoms with van der Waals surface area (Å²) in [5.41, 5.74) is 5.77. The molecule has 1 aromatic heterocycles. The second-order valence-corrected chi connectivity index (χ2v) is 5.34. The molecule has 0 radical (unpaired) electrons. The topological polar surface area (TPSA) is 123 Å². The zero-order valence-electron chi connectivity index (χ0n) is 14.4. The highest BCUT2D eigenvalue weighted by atomic mass is 16.5. The molecule has 0 fully saturated rings. The minimum Gasteiger partial charge on any atom is -0.495 e. The van der Waals surface area contributed by atoms with E-state index in [4.69, 9.17) is 4.74 Å².